The van der Waals surface area contributed by atoms with E-state index in [-0.39, 0.29) is 18.3 Å². The number of phenols is 1. The molecule has 1 heterocycles. The van der Waals surface area contributed by atoms with Gasteiger partial charge in [-0.2, -0.15) is 4.98 Å². The Morgan fingerprint density at radius 2 is 2.23 bits per heavy atom. The first-order valence-electron chi connectivity index (χ1n) is 7.22. The number of aromatic hydroxyl groups is 1. The van der Waals surface area contributed by atoms with Gasteiger partial charge in [0, 0.05) is 18.5 Å². The number of hydrogen-bond donors (Lipinski definition) is 2. The summed E-state index contributed by atoms with van der Waals surface area (Å²) >= 11 is 0. The SMILES string of the molecule is CN(Cc1ccccc1O)C(=O)NCc1nc(C2CC2)no1. The highest BCUT2D eigenvalue weighted by molar-refractivity contribution is 5.73. The first-order chi connectivity index (χ1) is 10.6. The monoisotopic (exact) mass is 302 g/mol. The molecule has 0 unspecified atom stereocenters. The van der Waals surface area contributed by atoms with Crippen molar-refractivity contribution in [3.05, 3.63) is 41.5 Å². The number of urea groups is 1. The molecular weight excluding hydrogens is 284 g/mol. The number of aromatic nitrogens is 2. The molecule has 116 valence electrons. The van der Waals surface area contributed by atoms with E-state index in [1.807, 2.05) is 6.07 Å². The van der Waals surface area contributed by atoms with E-state index >= 15 is 0 Å². The molecule has 1 aromatic carbocycles. The Morgan fingerprint density at radius 3 is 2.95 bits per heavy atom. The maximum atomic E-state index is 12.0. The number of benzene rings is 1. The van der Waals surface area contributed by atoms with E-state index in [0.29, 0.717) is 23.9 Å². The Bertz CT molecular complexity index is 666. The van der Waals surface area contributed by atoms with Crippen LogP contribution in [0, 0.1) is 0 Å². The Balaban J connectivity index is 1.51. The zero-order chi connectivity index (χ0) is 15.5. The normalized spacial score (nSPS) is 13.9. The van der Waals surface area contributed by atoms with Gasteiger partial charge < -0.3 is 19.8 Å². The van der Waals surface area contributed by atoms with Gasteiger partial charge in [0.15, 0.2) is 5.82 Å². The van der Waals surface area contributed by atoms with Gasteiger partial charge in [0.2, 0.25) is 5.89 Å². The van der Waals surface area contributed by atoms with Gasteiger partial charge in [-0.05, 0) is 18.9 Å². The lowest BCUT2D eigenvalue weighted by Gasteiger charge is -2.18. The van der Waals surface area contributed by atoms with Gasteiger partial charge in [-0.15, -0.1) is 0 Å². The van der Waals surface area contributed by atoms with E-state index in [2.05, 4.69) is 15.5 Å². The molecule has 0 saturated heterocycles. The van der Waals surface area contributed by atoms with Crippen molar-refractivity contribution < 1.29 is 14.4 Å². The zero-order valence-electron chi connectivity index (χ0n) is 12.3. The van der Waals surface area contributed by atoms with Crippen molar-refractivity contribution in [2.75, 3.05) is 7.05 Å². The lowest BCUT2D eigenvalue weighted by atomic mass is 10.2. The summed E-state index contributed by atoms with van der Waals surface area (Å²) < 4.78 is 5.10. The van der Waals surface area contributed by atoms with E-state index < -0.39 is 0 Å². The average Bonchev–Trinajstić information content (AvgIpc) is 3.26. The van der Waals surface area contributed by atoms with E-state index in [1.165, 1.54) is 4.90 Å². The molecule has 22 heavy (non-hydrogen) atoms. The Labute approximate surface area is 127 Å². The second kappa shape index (κ2) is 6.05. The maximum Gasteiger partial charge on any atom is 0.317 e. The number of nitrogens with zero attached hydrogens (tertiary/aromatic N) is 3. The van der Waals surface area contributed by atoms with Gasteiger partial charge in [-0.1, -0.05) is 23.4 Å². The highest BCUT2D eigenvalue weighted by Gasteiger charge is 2.28. The highest BCUT2D eigenvalue weighted by Crippen LogP contribution is 2.38. The highest BCUT2D eigenvalue weighted by atomic mass is 16.5. The molecule has 0 radical (unpaired) electrons. The van der Waals surface area contributed by atoms with Crippen LogP contribution >= 0.6 is 0 Å². The van der Waals surface area contributed by atoms with Crippen LogP contribution < -0.4 is 5.32 Å². The molecule has 1 aliphatic carbocycles. The van der Waals surface area contributed by atoms with Gasteiger partial charge in [0.1, 0.15) is 5.75 Å². The molecule has 3 rings (SSSR count). The predicted octanol–water partition coefficient (Wildman–Crippen LogP) is 1.99. The van der Waals surface area contributed by atoms with Crippen molar-refractivity contribution >= 4 is 6.03 Å². The predicted molar refractivity (Wildman–Crippen MR) is 78.1 cm³/mol. The van der Waals surface area contributed by atoms with Crippen LogP contribution in [0.1, 0.15) is 36.0 Å². The topological polar surface area (TPSA) is 91.5 Å². The van der Waals surface area contributed by atoms with E-state index in [4.69, 9.17) is 4.52 Å². The third kappa shape index (κ3) is 3.36. The minimum Gasteiger partial charge on any atom is -0.508 e. The molecule has 0 bridgehead atoms. The van der Waals surface area contributed by atoms with Crippen LogP contribution in [0.2, 0.25) is 0 Å². The van der Waals surface area contributed by atoms with Crippen LogP contribution in [0.5, 0.6) is 5.75 Å². The number of rotatable bonds is 5. The second-order valence-corrected chi connectivity index (χ2v) is 5.46. The molecule has 7 nitrogen and oxygen atoms in total. The third-order valence-corrected chi connectivity index (χ3v) is 3.56. The summed E-state index contributed by atoms with van der Waals surface area (Å²) in [6.45, 7) is 0.513. The molecule has 2 aromatic rings. The molecule has 0 atom stereocenters. The fourth-order valence-corrected chi connectivity index (χ4v) is 2.11. The summed E-state index contributed by atoms with van der Waals surface area (Å²) in [5.74, 6) is 1.74. The van der Waals surface area contributed by atoms with Gasteiger partial charge in [0.25, 0.3) is 0 Å². The third-order valence-electron chi connectivity index (χ3n) is 3.56. The molecule has 2 amide bonds. The largest absolute Gasteiger partial charge is 0.508 e. The quantitative estimate of drug-likeness (QED) is 0.881. The molecule has 1 saturated carbocycles. The van der Waals surface area contributed by atoms with Gasteiger partial charge >= 0.3 is 6.03 Å². The van der Waals surface area contributed by atoms with Crippen LogP contribution in [-0.4, -0.2) is 33.2 Å². The van der Waals surface area contributed by atoms with Crippen molar-refractivity contribution in [1.82, 2.24) is 20.4 Å². The van der Waals surface area contributed by atoms with Gasteiger partial charge in [0.05, 0.1) is 13.1 Å². The molecule has 0 spiro atoms. The number of carbonyl (C=O) groups excluding carboxylic acids is 1. The molecule has 2 N–H and O–H groups in total. The Kier molecular flexibility index (Phi) is 3.95. The van der Waals surface area contributed by atoms with Crippen LogP contribution in [0.4, 0.5) is 4.79 Å². The lowest BCUT2D eigenvalue weighted by Crippen LogP contribution is -2.36. The average molecular weight is 302 g/mol. The van der Waals surface area contributed by atoms with Gasteiger partial charge in [-0.3, -0.25) is 0 Å². The summed E-state index contributed by atoms with van der Waals surface area (Å²) in [6, 6.07) is 6.66. The van der Waals surface area contributed by atoms with E-state index in [9.17, 15) is 9.90 Å². The second-order valence-electron chi connectivity index (χ2n) is 5.46. The van der Waals surface area contributed by atoms with E-state index in [1.54, 1.807) is 25.2 Å². The van der Waals surface area contributed by atoms with Crippen LogP contribution in [0.3, 0.4) is 0 Å². The van der Waals surface area contributed by atoms with Crippen molar-refractivity contribution in [3.63, 3.8) is 0 Å². The van der Waals surface area contributed by atoms with Gasteiger partial charge in [-0.25, -0.2) is 4.79 Å². The first-order valence-corrected chi connectivity index (χ1v) is 7.22. The van der Waals surface area contributed by atoms with Crippen molar-refractivity contribution in [2.45, 2.75) is 31.8 Å². The summed E-state index contributed by atoms with van der Waals surface area (Å²) in [4.78, 5) is 17.8. The van der Waals surface area contributed by atoms with Crippen molar-refractivity contribution in [2.24, 2.45) is 0 Å². The number of carbonyl (C=O) groups is 1. The fraction of sp³-hybridized carbons (Fsp3) is 0.400. The first kappa shape index (κ1) is 14.4. The number of nitrogens with one attached hydrogen (secondary N) is 1. The number of hydrogen-bond acceptors (Lipinski definition) is 5. The van der Waals surface area contributed by atoms with Crippen LogP contribution in [0.15, 0.2) is 28.8 Å². The molecular formula is C15H18N4O3. The number of phenolic OH excluding ortho intramolecular Hbond substituents is 1. The lowest BCUT2D eigenvalue weighted by molar-refractivity contribution is 0.204. The zero-order valence-corrected chi connectivity index (χ0v) is 12.3. The summed E-state index contributed by atoms with van der Waals surface area (Å²) in [6.07, 6.45) is 2.21. The minimum atomic E-state index is -0.269. The summed E-state index contributed by atoms with van der Waals surface area (Å²) in [5.41, 5.74) is 0.689. The van der Waals surface area contributed by atoms with Crippen LogP contribution in [0.25, 0.3) is 0 Å². The Hall–Kier alpha value is -2.57. The number of para-hydroxylation sites is 1. The molecule has 0 aliphatic heterocycles. The fourth-order valence-electron chi connectivity index (χ4n) is 2.11. The van der Waals surface area contributed by atoms with Crippen LogP contribution in [-0.2, 0) is 13.1 Å². The number of amides is 2. The molecule has 1 fully saturated rings. The maximum absolute atomic E-state index is 12.0. The molecule has 1 aliphatic rings. The summed E-state index contributed by atoms with van der Waals surface area (Å²) in [5, 5.41) is 16.3. The smallest absolute Gasteiger partial charge is 0.317 e. The summed E-state index contributed by atoms with van der Waals surface area (Å²) in [7, 11) is 1.66. The van der Waals surface area contributed by atoms with Crippen molar-refractivity contribution in [1.29, 1.82) is 0 Å². The Morgan fingerprint density at radius 1 is 1.45 bits per heavy atom. The standard InChI is InChI=1S/C15H18N4O3/c1-19(9-11-4-2-3-5-12(11)20)15(21)16-8-13-17-14(18-22-13)10-6-7-10/h2-5,10,20H,6-9H2,1H3,(H,16,21). The van der Waals surface area contributed by atoms with E-state index in [0.717, 1.165) is 18.7 Å². The molecule has 1 aromatic heterocycles. The minimum absolute atomic E-state index is 0.174. The molecule has 7 heteroatoms. The van der Waals surface area contributed by atoms with Crippen molar-refractivity contribution in [3.8, 4) is 5.75 Å².